The third-order valence-electron chi connectivity index (χ3n) is 2.40. The monoisotopic (exact) mass is 256 g/mol. The number of rotatable bonds is 2. The van der Waals surface area contributed by atoms with Crippen molar-refractivity contribution >= 4 is 0 Å². The molecule has 0 aliphatic rings. The summed E-state index contributed by atoms with van der Waals surface area (Å²) >= 11 is 0. The fraction of sp³-hybridized carbons (Fsp3) is 0.273. The number of alkyl halides is 3. The van der Waals surface area contributed by atoms with E-state index in [1.165, 1.54) is 12.1 Å². The first-order chi connectivity index (χ1) is 8.38. The van der Waals surface area contributed by atoms with Gasteiger partial charge in [-0.3, -0.25) is 5.10 Å². The molecule has 1 atom stereocenters. The van der Waals surface area contributed by atoms with Crippen molar-refractivity contribution < 1.29 is 13.2 Å². The van der Waals surface area contributed by atoms with E-state index in [0.717, 1.165) is 12.1 Å². The molecule has 7 heteroatoms. The predicted molar refractivity (Wildman–Crippen MR) is 59.4 cm³/mol. The fourth-order valence-corrected chi connectivity index (χ4v) is 1.42. The van der Waals surface area contributed by atoms with Crippen LogP contribution in [0.3, 0.4) is 0 Å². The number of nitrogens with zero attached hydrogens (tertiary/aromatic N) is 2. The molecule has 0 bridgehead atoms. The Bertz CT molecular complexity index is 528. The predicted octanol–water partition coefficient (Wildman–Crippen LogP) is 2.51. The molecule has 96 valence electrons. The van der Waals surface area contributed by atoms with Gasteiger partial charge in [0.15, 0.2) is 5.82 Å². The second-order valence-corrected chi connectivity index (χ2v) is 3.91. The number of hydrogen-bond acceptors (Lipinski definition) is 3. The number of H-pyrrole nitrogens is 1. The molecule has 1 aromatic carbocycles. The second-order valence-electron chi connectivity index (χ2n) is 3.91. The van der Waals surface area contributed by atoms with E-state index in [1.54, 1.807) is 6.92 Å². The van der Waals surface area contributed by atoms with Gasteiger partial charge in [-0.25, -0.2) is 4.98 Å². The third-order valence-corrected chi connectivity index (χ3v) is 2.40. The molecule has 2 rings (SSSR count). The van der Waals surface area contributed by atoms with Crippen LogP contribution < -0.4 is 5.73 Å². The van der Waals surface area contributed by atoms with Crippen LogP contribution in [0.5, 0.6) is 0 Å². The molecule has 4 nitrogen and oxygen atoms in total. The zero-order valence-electron chi connectivity index (χ0n) is 9.49. The molecule has 0 unspecified atom stereocenters. The molecule has 3 N–H and O–H groups in total. The molecule has 1 aromatic heterocycles. The molecule has 0 spiro atoms. The lowest BCUT2D eigenvalue weighted by Gasteiger charge is -2.06. The summed E-state index contributed by atoms with van der Waals surface area (Å²) in [4.78, 5) is 4.10. The van der Waals surface area contributed by atoms with Crippen LogP contribution in [0.1, 0.15) is 24.4 Å². The molecule has 0 fully saturated rings. The highest BCUT2D eigenvalue weighted by Crippen LogP contribution is 2.30. The quantitative estimate of drug-likeness (QED) is 0.867. The maximum absolute atomic E-state index is 12.4. The number of nitrogens with one attached hydrogen (secondary N) is 1. The summed E-state index contributed by atoms with van der Waals surface area (Å²) in [6.45, 7) is 1.73. The number of aromatic amines is 1. The van der Waals surface area contributed by atoms with E-state index in [0.29, 0.717) is 17.2 Å². The third kappa shape index (κ3) is 2.51. The largest absolute Gasteiger partial charge is 0.416 e. The average Bonchev–Trinajstić information content (AvgIpc) is 2.77. The fourth-order valence-electron chi connectivity index (χ4n) is 1.42. The first-order valence-corrected chi connectivity index (χ1v) is 5.23. The Labute approximate surface area is 101 Å². The van der Waals surface area contributed by atoms with Crippen LogP contribution in [0, 0.1) is 0 Å². The van der Waals surface area contributed by atoms with Crippen LogP contribution in [0.4, 0.5) is 13.2 Å². The van der Waals surface area contributed by atoms with Crippen molar-refractivity contribution in [1.82, 2.24) is 15.2 Å². The first kappa shape index (κ1) is 12.6. The zero-order valence-corrected chi connectivity index (χ0v) is 9.49. The Kier molecular flexibility index (Phi) is 3.08. The van der Waals surface area contributed by atoms with Gasteiger partial charge in [0, 0.05) is 5.56 Å². The van der Waals surface area contributed by atoms with Gasteiger partial charge in [-0.1, -0.05) is 12.1 Å². The zero-order chi connectivity index (χ0) is 13.3. The van der Waals surface area contributed by atoms with Gasteiger partial charge >= 0.3 is 6.18 Å². The van der Waals surface area contributed by atoms with Crippen molar-refractivity contribution in [3.8, 4) is 11.4 Å². The molecule has 0 saturated heterocycles. The van der Waals surface area contributed by atoms with Gasteiger partial charge in [-0.15, -0.1) is 0 Å². The minimum atomic E-state index is -4.34. The van der Waals surface area contributed by atoms with Gasteiger partial charge in [0.1, 0.15) is 5.82 Å². The van der Waals surface area contributed by atoms with E-state index < -0.39 is 11.7 Å². The van der Waals surface area contributed by atoms with Crippen LogP contribution >= 0.6 is 0 Å². The molecule has 0 saturated carbocycles. The van der Waals surface area contributed by atoms with Crippen molar-refractivity contribution in [3.05, 3.63) is 35.7 Å². The van der Waals surface area contributed by atoms with Crippen LogP contribution in [-0.4, -0.2) is 15.2 Å². The highest BCUT2D eigenvalue weighted by atomic mass is 19.4. The molecule has 0 radical (unpaired) electrons. The molecule has 0 aliphatic heterocycles. The van der Waals surface area contributed by atoms with Gasteiger partial charge < -0.3 is 5.73 Å². The second kappa shape index (κ2) is 4.41. The molecular formula is C11H11F3N4. The number of aromatic nitrogens is 3. The maximum Gasteiger partial charge on any atom is 0.416 e. The van der Waals surface area contributed by atoms with Gasteiger partial charge in [-0.05, 0) is 19.1 Å². The normalized spacial score (nSPS) is 13.6. The lowest BCUT2D eigenvalue weighted by Crippen LogP contribution is -2.06. The van der Waals surface area contributed by atoms with E-state index in [1.807, 2.05) is 0 Å². The molecule has 2 aromatic rings. The molecule has 0 amide bonds. The van der Waals surface area contributed by atoms with Crippen molar-refractivity contribution in [2.75, 3.05) is 0 Å². The Morgan fingerprint density at radius 3 is 2.28 bits per heavy atom. The van der Waals surface area contributed by atoms with Crippen LogP contribution in [0.15, 0.2) is 24.3 Å². The molecule has 0 aliphatic carbocycles. The van der Waals surface area contributed by atoms with E-state index >= 15 is 0 Å². The number of nitrogens with two attached hydrogens (primary N) is 1. The highest BCUT2D eigenvalue weighted by Gasteiger charge is 2.30. The van der Waals surface area contributed by atoms with Crippen molar-refractivity contribution in [3.63, 3.8) is 0 Å². The maximum atomic E-state index is 12.4. The summed E-state index contributed by atoms with van der Waals surface area (Å²) in [7, 11) is 0. The lowest BCUT2D eigenvalue weighted by atomic mass is 10.1. The summed E-state index contributed by atoms with van der Waals surface area (Å²) in [6, 6.07) is 4.35. The number of benzene rings is 1. The molecule has 1 heterocycles. The van der Waals surface area contributed by atoms with Crippen LogP contribution in [0.25, 0.3) is 11.4 Å². The van der Waals surface area contributed by atoms with Crippen molar-refractivity contribution in [1.29, 1.82) is 0 Å². The topological polar surface area (TPSA) is 67.6 Å². The smallest absolute Gasteiger partial charge is 0.322 e. The van der Waals surface area contributed by atoms with Gasteiger partial charge in [0.2, 0.25) is 0 Å². The van der Waals surface area contributed by atoms with Crippen molar-refractivity contribution in [2.24, 2.45) is 5.73 Å². The summed E-state index contributed by atoms with van der Waals surface area (Å²) in [6.07, 6.45) is -4.34. The summed E-state index contributed by atoms with van der Waals surface area (Å²) in [5.74, 6) is 0.820. The van der Waals surface area contributed by atoms with E-state index in [-0.39, 0.29) is 6.04 Å². The van der Waals surface area contributed by atoms with E-state index in [4.69, 9.17) is 5.73 Å². The minimum absolute atomic E-state index is 0.305. The summed E-state index contributed by atoms with van der Waals surface area (Å²) in [5, 5.41) is 6.54. The Hall–Kier alpha value is -1.89. The Balaban J connectivity index is 2.29. The van der Waals surface area contributed by atoms with Crippen LogP contribution in [-0.2, 0) is 6.18 Å². The van der Waals surface area contributed by atoms with Gasteiger partial charge in [0.05, 0.1) is 11.6 Å². The van der Waals surface area contributed by atoms with Gasteiger partial charge in [-0.2, -0.15) is 18.3 Å². The minimum Gasteiger partial charge on any atom is -0.322 e. The van der Waals surface area contributed by atoms with Gasteiger partial charge in [0.25, 0.3) is 0 Å². The number of hydrogen-bond donors (Lipinski definition) is 2. The average molecular weight is 256 g/mol. The summed E-state index contributed by atoms with van der Waals surface area (Å²) in [5.41, 5.74) is 5.41. The van der Waals surface area contributed by atoms with E-state index in [9.17, 15) is 13.2 Å². The molecule has 18 heavy (non-hydrogen) atoms. The highest BCUT2D eigenvalue weighted by molar-refractivity contribution is 5.55. The number of halogens is 3. The standard InChI is InChI=1S/C11H11F3N4/c1-6(15)9-16-10(18-17-9)7-2-4-8(5-3-7)11(12,13)14/h2-6H,15H2,1H3,(H,16,17,18)/t6-/m1/s1. The lowest BCUT2D eigenvalue weighted by molar-refractivity contribution is -0.137. The van der Waals surface area contributed by atoms with Crippen LogP contribution in [0.2, 0.25) is 0 Å². The summed E-state index contributed by atoms with van der Waals surface area (Å²) < 4.78 is 37.1. The SMILES string of the molecule is C[C@@H](N)c1nc(-c2ccc(C(F)(F)F)cc2)n[nH]1. The first-order valence-electron chi connectivity index (χ1n) is 5.23. The van der Waals surface area contributed by atoms with E-state index in [2.05, 4.69) is 15.2 Å². The Morgan fingerprint density at radius 1 is 1.22 bits per heavy atom. The van der Waals surface area contributed by atoms with Crippen molar-refractivity contribution in [2.45, 2.75) is 19.1 Å². The Morgan fingerprint density at radius 2 is 1.83 bits per heavy atom. The molecular weight excluding hydrogens is 245 g/mol.